The second kappa shape index (κ2) is 4.72. The molecule has 1 fully saturated rings. The van der Waals surface area contributed by atoms with E-state index >= 15 is 0 Å². The minimum atomic E-state index is -0.271. The highest BCUT2D eigenvalue weighted by molar-refractivity contribution is 5.83. The van der Waals surface area contributed by atoms with Gasteiger partial charge >= 0.3 is 0 Å². The van der Waals surface area contributed by atoms with Crippen LogP contribution in [-0.4, -0.2) is 5.91 Å². The monoisotopic (exact) mass is 256 g/mol. The quantitative estimate of drug-likeness (QED) is 0.896. The van der Waals surface area contributed by atoms with Crippen LogP contribution in [0.2, 0.25) is 0 Å². The summed E-state index contributed by atoms with van der Waals surface area (Å²) in [6.07, 6.45) is 0.376. The van der Waals surface area contributed by atoms with Crippen LogP contribution in [0.25, 0.3) is 0 Å². The van der Waals surface area contributed by atoms with Gasteiger partial charge in [-0.3, -0.25) is 15.2 Å². The average molecular weight is 256 g/mol. The van der Waals surface area contributed by atoms with Crippen molar-refractivity contribution in [1.82, 2.24) is 5.43 Å². The number of anilines is 1. The Labute approximate surface area is 110 Å². The number of halogens is 1. The number of amides is 1. The Morgan fingerprint density at radius 3 is 2.42 bits per heavy atom. The van der Waals surface area contributed by atoms with Gasteiger partial charge in [-0.15, -0.1) is 0 Å². The van der Waals surface area contributed by atoms with Crippen LogP contribution in [0, 0.1) is 5.82 Å². The van der Waals surface area contributed by atoms with Gasteiger partial charge < -0.3 is 0 Å². The van der Waals surface area contributed by atoms with Crippen LogP contribution >= 0.6 is 0 Å². The van der Waals surface area contributed by atoms with E-state index in [-0.39, 0.29) is 17.8 Å². The summed E-state index contributed by atoms with van der Waals surface area (Å²) in [5.74, 6) is -0.300. The molecule has 0 saturated carbocycles. The largest absolute Gasteiger partial charge is 0.278 e. The zero-order chi connectivity index (χ0) is 13.2. The molecule has 0 aliphatic carbocycles. The first-order valence-electron chi connectivity index (χ1n) is 6.13. The Morgan fingerprint density at radius 2 is 1.74 bits per heavy atom. The van der Waals surface area contributed by atoms with Crippen molar-refractivity contribution < 1.29 is 9.18 Å². The molecule has 2 aromatic carbocycles. The minimum absolute atomic E-state index is 0.0295. The first-order valence-corrected chi connectivity index (χ1v) is 6.13. The highest BCUT2D eigenvalue weighted by Gasteiger charge is 2.31. The molecular formula is C15H13FN2O. The Morgan fingerprint density at radius 1 is 1.05 bits per heavy atom. The lowest BCUT2D eigenvalue weighted by atomic mass is 10.0. The summed E-state index contributed by atoms with van der Waals surface area (Å²) in [4.78, 5) is 11.7. The molecule has 3 rings (SSSR count). The van der Waals surface area contributed by atoms with Crippen molar-refractivity contribution in [2.75, 3.05) is 5.01 Å². The number of nitrogens with one attached hydrogen (secondary N) is 1. The SMILES string of the molecule is O=C1CC(c2ccc(F)cc2)N(c2ccccc2)N1. The zero-order valence-corrected chi connectivity index (χ0v) is 10.2. The van der Waals surface area contributed by atoms with Gasteiger partial charge in [-0.1, -0.05) is 30.3 Å². The standard InChI is InChI=1S/C15H13FN2O/c16-12-8-6-11(7-9-12)14-10-15(19)17-18(14)13-4-2-1-3-5-13/h1-9,14H,10H2,(H,17,19). The third kappa shape index (κ3) is 2.29. The lowest BCUT2D eigenvalue weighted by molar-refractivity contribution is -0.119. The van der Waals surface area contributed by atoms with E-state index in [0.29, 0.717) is 6.42 Å². The molecule has 1 aliphatic rings. The molecule has 0 radical (unpaired) electrons. The van der Waals surface area contributed by atoms with Crippen molar-refractivity contribution in [2.45, 2.75) is 12.5 Å². The number of hydrogen-bond acceptors (Lipinski definition) is 2. The molecule has 1 saturated heterocycles. The van der Waals surface area contributed by atoms with E-state index in [4.69, 9.17) is 0 Å². The highest BCUT2D eigenvalue weighted by Crippen LogP contribution is 2.31. The third-order valence-corrected chi connectivity index (χ3v) is 3.22. The molecule has 1 amide bonds. The lowest BCUT2D eigenvalue weighted by Gasteiger charge is -2.25. The van der Waals surface area contributed by atoms with Gasteiger partial charge in [-0.25, -0.2) is 4.39 Å². The summed E-state index contributed by atoms with van der Waals surface area (Å²) in [5.41, 5.74) is 4.67. The predicted molar refractivity (Wildman–Crippen MR) is 70.8 cm³/mol. The van der Waals surface area contributed by atoms with Gasteiger partial charge in [0.15, 0.2) is 0 Å². The minimum Gasteiger partial charge on any atom is -0.278 e. The van der Waals surface area contributed by atoms with E-state index in [9.17, 15) is 9.18 Å². The number of para-hydroxylation sites is 1. The van der Waals surface area contributed by atoms with Gasteiger partial charge in [0.05, 0.1) is 18.2 Å². The number of carbonyl (C=O) groups excluding carboxylic acids is 1. The molecule has 0 bridgehead atoms. The van der Waals surface area contributed by atoms with Crippen molar-refractivity contribution in [1.29, 1.82) is 0 Å². The van der Waals surface area contributed by atoms with Gasteiger partial charge in [-0.2, -0.15) is 0 Å². The Balaban J connectivity index is 1.95. The van der Waals surface area contributed by atoms with Crippen molar-refractivity contribution in [3.8, 4) is 0 Å². The summed E-state index contributed by atoms with van der Waals surface area (Å²) in [5, 5.41) is 1.83. The number of hydrazine groups is 1. The maximum absolute atomic E-state index is 13.0. The summed E-state index contributed by atoms with van der Waals surface area (Å²) < 4.78 is 13.0. The fraction of sp³-hybridized carbons (Fsp3) is 0.133. The first-order chi connectivity index (χ1) is 9.24. The molecule has 1 atom stereocenters. The second-order valence-corrected chi connectivity index (χ2v) is 4.51. The van der Waals surface area contributed by atoms with Gasteiger partial charge in [0.2, 0.25) is 5.91 Å². The maximum atomic E-state index is 13.0. The van der Waals surface area contributed by atoms with Crippen molar-refractivity contribution in [2.24, 2.45) is 0 Å². The molecule has 19 heavy (non-hydrogen) atoms. The summed E-state index contributed by atoms with van der Waals surface area (Å²) >= 11 is 0. The van der Waals surface area contributed by atoms with Crippen LogP contribution < -0.4 is 10.4 Å². The fourth-order valence-electron chi connectivity index (χ4n) is 2.31. The normalized spacial score (nSPS) is 18.5. The number of carbonyl (C=O) groups is 1. The molecular weight excluding hydrogens is 243 g/mol. The zero-order valence-electron chi connectivity index (χ0n) is 10.2. The molecule has 1 heterocycles. The van der Waals surface area contributed by atoms with Crippen LogP contribution in [0.4, 0.5) is 10.1 Å². The van der Waals surface area contributed by atoms with Crippen LogP contribution in [0.1, 0.15) is 18.0 Å². The van der Waals surface area contributed by atoms with Crippen molar-refractivity contribution >= 4 is 11.6 Å². The number of hydrogen-bond donors (Lipinski definition) is 1. The third-order valence-electron chi connectivity index (χ3n) is 3.22. The van der Waals surface area contributed by atoms with E-state index in [1.165, 1.54) is 12.1 Å². The van der Waals surface area contributed by atoms with E-state index in [2.05, 4.69) is 5.43 Å². The summed E-state index contributed by atoms with van der Waals surface area (Å²) in [6, 6.07) is 15.8. The first kappa shape index (κ1) is 11.7. The lowest BCUT2D eigenvalue weighted by Crippen LogP contribution is -2.34. The average Bonchev–Trinajstić information content (AvgIpc) is 2.83. The molecule has 0 spiro atoms. The molecule has 96 valence electrons. The predicted octanol–water partition coefficient (Wildman–Crippen LogP) is 2.81. The van der Waals surface area contributed by atoms with E-state index < -0.39 is 0 Å². The van der Waals surface area contributed by atoms with Crippen LogP contribution in [0.3, 0.4) is 0 Å². The number of nitrogens with zero attached hydrogens (tertiary/aromatic N) is 1. The Hall–Kier alpha value is -2.36. The number of rotatable bonds is 2. The molecule has 1 N–H and O–H groups in total. The molecule has 3 nitrogen and oxygen atoms in total. The molecule has 2 aromatic rings. The number of benzene rings is 2. The molecule has 4 heteroatoms. The van der Waals surface area contributed by atoms with Gasteiger partial charge in [-0.05, 0) is 29.8 Å². The van der Waals surface area contributed by atoms with Crippen molar-refractivity contribution in [3.05, 3.63) is 66.0 Å². The van der Waals surface area contributed by atoms with E-state index in [0.717, 1.165) is 11.3 Å². The second-order valence-electron chi connectivity index (χ2n) is 4.51. The van der Waals surface area contributed by atoms with Gasteiger partial charge in [0.25, 0.3) is 0 Å². The maximum Gasteiger partial charge on any atom is 0.241 e. The van der Waals surface area contributed by atoms with Crippen molar-refractivity contribution in [3.63, 3.8) is 0 Å². The van der Waals surface area contributed by atoms with Crippen LogP contribution in [0.15, 0.2) is 54.6 Å². The highest BCUT2D eigenvalue weighted by atomic mass is 19.1. The summed E-state index contributed by atoms with van der Waals surface area (Å²) in [6.45, 7) is 0. The van der Waals surface area contributed by atoms with Crippen LogP contribution in [-0.2, 0) is 4.79 Å². The Bertz CT molecular complexity index is 583. The molecule has 1 unspecified atom stereocenters. The van der Waals surface area contributed by atoms with E-state index in [1.807, 2.05) is 35.3 Å². The van der Waals surface area contributed by atoms with Gasteiger partial charge in [0, 0.05) is 0 Å². The van der Waals surface area contributed by atoms with Gasteiger partial charge in [0.1, 0.15) is 5.82 Å². The summed E-state index contributed by atoms with van der Waals surface area (Å²) in [7, 11) is 0. The molecule has 1 aliphatic heterocycles. The fourth-order valence-corrected chi connectivity index (χ4v) is 2.31. The Kier molecular flexibility index (Phi) is 2.91. The molecule has 0 aromatic heterocycles. The smallest absolute Gasteiger partial charge is 0.241 e. The topological polar surface area (TPSA) is 32.3 Å². The van der Waals surface area contributed by atoms with Crippen LogP contribution in [0.5, 0.6) is 0 Å². The van der Waals surface area contributed by atoms with E-state index in [1.54, 1.807) is 12.1 Å².